The second kappa shape index (κ2) is 6.96. The van der Waals surface area contributed by atoms with Crippen molar-refractivity contribution in [2.75, 3.05) is 7.11 Å². The van der Waals surface area contributed by atoms with E-state index in [0.717, 1.165) is 12.7 Å². The van der Waals surface area contributed by atoms with Crippen LogP contribution in [0.5, 0.6) is 0 Å². The van der Waals surface area contributed by atoms with E-state index in [1.807, 2.05) is 18.2 Å². The number of halogens is 1. The van der Waals surface area contributed by atoms with Gasteiger partial charge in [-0.05, 0) is 24.5 Å². The van der Waals surface area contributed by atoms with Crippen LogP contribution in [0.25, 0.3) is 0 Å². The lowest BCUT2D eigenvalue weighted by Crippen LogP contribution is -2.30. The predicted molar refractivity (Wildman–Crippen MR) is 67.2 cm³/mol. The van der Waals surface area contributed by atoms with Crippen LogP contribution in [0.2, 0.25) is 5.02 Å². The first kappa shape index (κ1) is 14.4. The first-order chi connectivity index (χ1) is 8.56. The molecule has 1 atom stereocenters. The van der Waals surface area contributed by atoms with E-state index < -0.39 is 16.9 Å². The van der Waals surface area contributed by atoms with E-state index in [0.29, 0.717) is 17.9 Å². The van der Waals surface area contributed by atoms with E-state index in [9.17, 15) is 14.9 Å². The van der Waals surface area contributed by atoms with Crippen molar-refractivity contribution in [1.82, 2.24) is 0 Å². The maximum Gasteiger partial charge on any atom is 0.381 e. The van der Waals surface area contributed by atoms with Gasteiger partial charge in [-0.1, -0.05) is 29.8 Å². The van der Waals surface area contributed by atoms with Crippen LogP contribution in [0.1, 0.15) is 18.4 Å². The van der Waals surface area contributed by atoms with Gasteiger partial charge in [0.05, 0.1) is 7.11 Å². The third-order valence-corrected chi connectivity index (χ3v) is 2.98. The van der Waals surface area contributed by atoms with Gasteiger partial charge in [0.15, 0.2) is 0 Å². The molecule has 0 saturated carbocycles. The molecule has 0 aliphatic carbocycles. The molecule has 0 radical (unpaired) electrons. The molecule has 1 unspecified atom stereocenters. The summed E-state index contributed by atoms with van der Waals surface area (Å²) in [6.07, 6.45) is 1.25. The first-order valence-electron chi connectivity index (χ1n) is 5.51. The van der Waals surface area contributed by atoms with E-state index in [2.05, 4.69) is 4.74 Å². The number of benzene rings is 1. The highest BCUT2D eigenvalue weighted by Gasteiger charge is 2.29. The van der Waals surface area contributed by atoms with Gasteiger partial charge in [-0.15, -0.1) is 0 Å². The Hall–Kier alpha value is -1.62. The van der Waals surface area contributed by atoms with E-state index >= 15 is 0 Å². The number of ether oxygens (including phenoxy) is 1. The van der Waals surface area contributed by atoms with E-state index in [1.165, 1.54) is 0 Å². The zero-order valence-corrected chi connectivity index (χ0v) is 10.7. The van der Waals surface area contributed by atoms with Gasteiger partial charge < -0.3 is 4.74 Å². The minimum Gasteiger partial charge on any atom is -0.464 e. The fraction of sp³-hybridized carbons (Fsp3) is 0.417. The van der Waals surface area contributed by atoms with E-state index in [-0.39, 0.29) is 6.42 Å². The molecule has 0 amide bonds. The van der Waals surface area contributed by atoms with Crippen LogP contribution < -0.4 is 0 Å². The minimum absolute atomic E-state index is 0.144. The second-order valence-electron chi connectivity index (χ2n) is 3.81. The van der Waals surface area contributed by atoms with Gasteiger partial charge in [0, 0.05) is 16.4 Å². The fourth-order valence-electron chi connectivity index (χ4n) is 1.63. The normalized spacial score (nSPS) is 11.9. The smallest absolute Gasteiger partial charge is 0.381 e. The molecule has 0 N–H and O–H groups in total. The molecular weight excluding hydrogens is 258 g/mol. The lowest BCUT2D eigenvalue weighted by Gasteiger charge is -2.07. The van der Waals surface area contributed by atoms with Crippen LogP contribution >= 0.6 is 11.6 Å². The predicted octanol–water partition coefficient (Wildman–Crippen LogP) is 2.48. The number of aryl methyl sites for hydroxylation is 1. The Morgan fingerprint density at radius 2 is 2.17 bits per heavy atom. The number of rotatable bonds is 6. The van der Waals surface area contributed by atoms with Crippen molar-refractivity contribution in [3.05, 3.63) is 45.0 Å². The van der Waals surface area contributed by atoms with Crippen molar-refractivity contribution in [1.29, 1.82) is 0 Å². The van der Waals surface area contributed by atoms with Gasteiger partial charge in [-0.25, -0.2) is 4.79 Å². The Balaban J connectivity index is 2.52. The number of carbonyl (C=O) groups is 1. The molecule has 5 nitrogen and oxygen atoms in total. The summed E-state index contributed by atoms with van der Waals surface area (Å²) in [5, 5.41) is 11.3. The summed E-state index contributed by atoms with van der Waals surface area (Å²) in [6.45, 7) is 0. The van der Waals surface area contributed by atoms with Crippen molar-refractivity contribution in [2.45, 2.75) is 25.3 Å². The Labute approximate surface area is 110 Å². The molecular formula is C12H14ClNO4. The summed E-state index contributed by atoms with van der Waals surface area (Å²) in [6, 6.07) is 6.01. The molecule has 1 aromatic carbocycles. The quantitative estimate of drug-likeness (QED) is 0.453. The Bertz CT molecular complexity index is 436. The minimum atomic E-state index is -1.29. The highest BCUT2D eigenvalue weighted by Crippen LogP contribution is 2.18. The topological polar surface area (TPSA) is 69.4 Å². The van der Waals surface area contributed by atoms with Crippen molar-refractivity contribution < 1.29 is 14.5 Å². The second-order valence-corrected chi connectivity index (χ2v) is 4.22. The molecule has 98 valence electrons. The van der Waals surface area contributed by atoms with Crippen LogP contribution in [0.3, 0.4) is 0 Å². The molecule has 0 heterocycles. The molecule has 18 heavy (non-hydrogen) atoms. The molecule has 0 saturated heterocycles. The van der Waals surface area contributed by atoms with Crippen molar-refractivity contribution in [3.8, 4) is 0 Å². The maximum atomic E-state index is 11.2. The van der Waals surface area contributed by atoms with Crippen LogP contribution in [0.4, 0.5) is 0 Å². The fourth-order valence-corrected chi connectivity index (χ4v) is 1.86. The molecule has 0 bridgehead atoms. The van der Waals surface area contributed by atoms with Crippen LogP contribution in [0, 0.1) is 10.1 Å². The van der Waals surface area contributed by atoms with Gasteiger partial charge in [0.2, 0.25) is 0 Å². The van der Waals surface area contributed by atoms with Gasteiger partial charge in [-0.2, -0.15) is 0 Å². The summed E-state index contributed by atoms with van der Waals surface area (Å²) >= 11 is 5.97. The number of esters is 1. The molecule has 1 rings (SSSR count). The van der Waals surface area contributed by atoms with Crippen LogP contribution in [0.15, 0.2) is 24.3 Å². The maximum absolute atomic E-state index is 11.2. The number of hydrogen-bond acceptors (Lipinski definition) is 4. The Morgan fingerprint density at radius 1 is 1.50 bits per heavy atom. The molecule has 6 heteroatoms. The van der Waals surface area contributed by atoms with Crippen molar-refractivity contribution in [3.63, 3.8) is 0 Å². The first-order valence-corrected chi connectivity index (χ1v) is 5.88. The SMILES string of the molecule is COC(=O)C(CCCc1ccccc1Cl)[N+](=O)[O-]. The molecule has 0 spiro atoms. The summed E-state index contributed by atoms with van der Waals surface area (Å²) in [5.41, 5.74) is 0.922. The Kier molecular flexibility index (Phi) is 5.58. The van der Waals surface area contributed by atoms with Crippen LogP contribution in [-0.4, -0.2) is 24.0 Å². The zero-order chi connectivity index (χ0) is 13.5. The number of hydrogen-bond donors (Lipinski definition) is 0. The average molecular weight is 272 g/mol. The standard InChI is InChI=1S/C12H14ClNO4/c1-18-12(15)11(14(16)17)8-4-6-9-5-2-3-7-10(9)13/h2-3,5,7,11H,4,6,8H2,1H3. The summed E-state index contributed by atoms with van der Waals surface area (Å²) in [7, 11) is 1.15. The number of carbonyl (C=O) groups excluding carboxylic acids is 1. The van der Waals surface area contributed by atoms with Gasteiger partial charge >= 0.3 is 12.0 Å². The van der Waals surface area contributed by atoms with E-state index in [1.54, 1.807) is 6.07 Å². The molecule has 0 fully saturated rings. The number of nitro groups is 1. The van der Waals surface area contributed by atoms with Crippen LogP contribution in [-0.2, 0) is 16.0 Å². The van der Waals surface area contributed by atoms with Gasteiger partial charge in [-0.3, -0.25) is 10.1 Å². The third kappa shape index (κ3) is 4.00. The van der Waals surface area contributed by atoms with E-state index in [4.69, 9.17) is 11.6 Å². The molecule has 1 aromatic rings. The lowest BCUT2D eigenvalue weighted by atomic mass is 10.1. The van der Waals surface area contributed by atoms with Crippen molar-refractivity contribution >= 4 is 17.6 Å². The lowest BCUT2D eigenvalue weighted by molar-refractivity contribution is -0.511. The molecule has 0 aliphatic heterocycles. The third-order valence-electron chi connectivity index (χ3n) is 2.61. The summed E-state index contributed by atoms with van der Waals surface area (Å²) in [4.78, 5) is 21.2. The highest BCUT2D eigenvalue weighted by atomic mass is 35.5. The number of methoxy groups -OCH3 is 1. The molecule has 0 aliphatic rings. The summed E-state index contributed by atoms with van der Waals surface area (Å²) < 4.78 is 4.39. The van der Waals surface area contributed by atoms with Gasteiger partial charge in [0.1, 0.15) is 0 Å². The van der Waals surface area contributed by atoms with Crippen molar-refractivity contribution in [2.24, 2.45) is 0 Å². The zero-order valence-electron chi connectivity index (χ0n) is 9.97. The molecule has 0 aromatic heterocycles. The Morgan fingerprint density at radius 3 is 2.72 bits per heavy atom. The number of nitrogens with zero attached hydrogens (tertiary/aromatic N) is 1. The highest BCUT2D eigenvalue weighted by molar-refractivity contribution is 6.31. The summed E-state index contributed by atoms with van der Waals surface area (Å²) in [5.74, 6) is -0.806. The average Bonchev–Trinajstić information content (AvgIpc) is 2.35. The van der Waals surface area contributed by atoms with Gasteiger partial charge in [0.25, 0.3) is 0 Å². The monoisotopic (exact) mass is 271 g/mol. The largest absolute Gasteiger partial charge is 0.464 e.